The summed E-state index contributed by atoms with van der Waals surface area (Å²) >= 11 is 1.84. The molecule has 1 atom stereocenters. The second kappa shape index (κ2) is 5.50. The first-order valence-corrected chi connectivity index (χ1v) is 7.25. The van der Waals surface area contributed by atoms with Gasteiger partial charge in [0.1, 0.15) is 0 Å². The molecule has 8 heteroatoms. The van der Waals surface area contributed by atoms with Gasteiger partial charge in [0.2, 0.25) is 0 Å². The maximum atomic E-state index is 12.8. The van der Waals surface area contributed by atoms with E-state index in [1.807, 2.05) is 15.9 Å². The quantitative estimate of drug-likeness (QED) is 0.804. The Bertz CT molecular complexity index is 499. The average molecular weight is 344 g/mol. The van der Waals surface area contributed by atoms with E-state index in [1.54, 1.807) is 6.92 Å². The number of nitrogens with one attached hydrogen (secondary N) is 1. The van der Waals surface area contributed by atoms with E-state index >= 15 is 0 Å². The van der Waals surface area contributed by atoms with Crippen LogP contribution >= 0.6 is 15.9 Å². The Morgan fingerprint density at radius 1 is 1.39 bits per heavy atom. The summed E-state index contributed by atoms with van der Waals surface area (Å²) in [6.07, 6.45) is 0. The summed E-state index contributed by atoms with van der Waals surface area (Å²) in [5, 5.41) is 11.7. The van der Waals surface area contributed by atoms with Crippen LogP contribution in [0.5, 0.6) is 0 Å². The summed E-state index contributed by atoms with van der Waals surface area (Å²) < 4.78 is 44.4. The molecule has 0 saturated carbocycles. The predicted octanol–water partition coefficient (Wildman–Crippen LogP) is 2.20. The van der Waals surface area contributed by atoms with Crippen LogP contribution in [0.3, 0.4) is 0 Å². The van der Waals surface area contributed by atoms with E-state index in [-0.39, 0.29) is 12.6 Å². The van der Waals surface area contributed by atoms with E-state index in [2.05, 4.69) is 5.32 Å². The second-order valence-corrected chi connectivity index (χ2v) is 7.21. The van der Waals surface area contributed by atoms with Crippen molar-refractivity contribution < 1.29 is 22.3 Å². The van der Waals surface area contributed by atoms with Gasteiger partial charge < -0.3 is 10.4 Å². The molecule has 0 aliphatic heterocycles. The number of hydrogen-bond acceptors (Lipinski definition) is 4. The zero-order valence-electron chi connectivity index (χ0n) is 9.40. The highest BCUT2D eigenvalue weighted by Gasteiger charge is 2.43. The highest BCUT2D eigenvalue weighted by atomic mass is 79.9. The minimum absolute atomic E-state index is 0.0977. The smallest absolute Gasteiger partial charge is 0.394 e. The number of hydrogen-bond donors (Lipinski definition) is 2. The van der Waals surface area contributed by atoms with Crippen LogP contribution in [0, 0.1) is 0 Å². The Labute approximate surface area is 112 Å². The lowest BCUT2D eigenvalue weighted by Gasteiger charge is -2.13. The first-order valence-electron chi connectivity index (χ1n) is 4.97. The first kappa shape index (κ1) is 15.3. The molecule has 0 aromatic heterocycles. The van der Waals surface area contributed by atoms with Crippen LogP contribution in [-0.2, 0) is 9.84 Å². The molecule has 0 aliphatic carbocycles. The Kier molecular flexibility index (Phi) is 4.68. The summed E-state index contributed by atoms with van der Waals surface area (Å²) in [5.74, 6) is 0. The van der Waals surface area contributed by atoms with Gasteiger partial charge in [-0.05, 0) is 31.2 Å². The van der Waals surface area contributed by atoms with E-state index in [0.29, 0.717) is 5.69 Å². The number of aliphatic hydroxyl groups excluding tert-OH is 1. The van der Waals surface area contributed by atoms with Crippen LogP contribution in [0.15, 0.2) is 29.2 Å². The molecule has 102 valence electrons. The number of anilines is 1. The topological polar surface area (TPSA) is 66.4 Å². The van der Waals surface area contributed by atoms with Gasteiger partial charge in [-0.25, -0.2) is 8.42 Å². The fraction of sp³-hybridized carbons (Fsp3) is 0.400. The third kappa shape index (κ3) is 3.39. The van der Waals surface area contributed by atoms with Crippen molar-refractivity contribution in [3.05, 3.63) is 24.3 Å². The second-order valence-electron chi connectivity index (χ2n) is 3.70. The van der Waals surface area contributed by atoms with E-state index in [1.165, 1.54) is 12.1 Å². The highest BCUT2D eigenvalue weighted by Crippen LogP contribution is 2.34. The fourth-order valence-corrected chi connectivity index (χ4v) is 2.52. The van der Waals surface area contributed by atoms with Crippen LogP contribution in [0.4, 0.5) is 14.5 Å². The molecule has 1 aromatic carbocycles. The van der Waals surface area contributed by atoms with Gasteiger partial charge in [0.25, 0.3) is 9.84 Å². The molecule has 0 amide bonds. The summed E-state index contributed by atoms with van der Waals surface area (Å²) in [6, 6.07) is 4.66. The lowest BCUT2D eigenvalue weighted by atomic mass is 10.3. The van der Waals surface area contributed by atoms with Crippen molar-refractivity contribution in [3.63, 3.8) is 0 Å². The highest BCUT2D eigenvalue weighted by molar-refractivity contribution is 9.11. The number of halogens is 3. The largest absolute Gasteiger partial charge is 0.404 e. The molecule has 18 heavy (non-hydrogen) atoms. The molecular weight excluding hydrogens is 332 g/mol. The molecule has 0 heterocycles. The normalized spacial score (nSPS) is 14.3. The molecule has 1 aromatic rings. The van der Waals surface area contributed by atoms with Crippen molar-refractivity contribution in [2.45, 2.75) is 22.0 Å². The average Bonchev–Trinajstić information content (AvgIpc) is 2.28. The molecule has 4 nitrogen and oxygen atoms in total. The maximum absolute atomic E-state index is 12.8. The number of benzene rings is 1. The van der Waals surface area contributed by atoms with Crippen LogP contribution in [-0.4, -0.2) is 30.3 Å². The van der Waals surface area contributed by atoms with Gasteiger partial charge in [0.15, 0.2) is 0 Å². The standard InChI is InChI=1S/C10H12BrF2NO3S/c1-7(6-15)14-8-2-4-9(5-3-8)18(16,17)10(11,12)13/h2-5,7,14-15H,6H2,1H3/t7-/m0/s1. The van der Waals surface area contributed by atoms with Crippen molar-refractivity contribution in [2.24, 2.45) is 0 Å². The molecule has 0 aliphatic rings. The molecule has 0 unspecified atom stereocenters. The fourth-order valence-electron chi connectivity index (χ4n) is 1.19. The van der Waals surface area contributed by atoms with Crippen molar-refractivity contribution in [2.75, 3.05) is 11.9 Å². The molecule has 0 radical (unpaired) electrons. The van der Waals surface area contributed by atoms with Crippen molar-refractivity contribution >= 4 is 31.5 Å². The van der Waals surface area contributed by atoms with E-state index < -0.39 is 18.9 Å². The minimum Gasteiger partial charge on any atom is -0.394 e. The maximum Gasteiger partial charge on any atom is 0.404 e. The first-order chi connectivity index (χ1) is 8.18. The zero-order valence-corrected chi connectivity index (χ0v) is 11.8. The molecule has 0 fully saturated rings. The monoisotopic (exact) mass is 343 g/mol. The Hall–Kier alpha value is -0.730. The zero-order chi connectivity index (χ0) is 14.0. The SMILES string of the molecule is C[C@@H](CO)Nc1ccc(S(=O)(=O)C(F)(F)Br)cc1. The third-order valence-corrected chi connectivity index (χ3v) is 4.94. The molecular formula is C10H12BrF2NO3S. The Balaban J connectivity index is 2.97. The van der Waals surface area contributed by atoms with E-state index in [9.17, 15) is 17.2 Å². The number of aliphatic hydroxyl groups is 1. The van der Waals surface area contributed by atoms with Crippen molar-refractivity contribution in [3.8, 4) is 0 Å². The van der Waals surface area contributed by atoms with Crippen LogP contribution in [0.25, 0.3) is 0 Å². The number of rotatable bonds is 5. The van der Waals surface area contributed by atoms with Gasteiger partial charge in [-0.15, -0.1) is 0 Å². The molecule has 2 N–H and O–H groups in total. The molecule has 1 rings (SSSR count). The van der Waals surface area contributed by atoms with Crippen molar-refractivity contribution in [1.82, 2.24) is 0 Å². The molecule has 0 bridgehead atoms. The number of alkyl halides is 3. The van der Waals surface area contributed by atoms with Gasteiger partial charge in [-0.2, -0.15) is 8.78 Å². The summed E-state index contributed by atoms with van der Waals surface area (Å²) in [4.78, 5) is -0.480. The van der Waals surface area contributed by atoms with Gasteiger partial charge >= 0.3 is 4.16 Å². The van der Waals surface area contributed by atoms with Crippen LogP contribution in [0.2, 0.25) is 0 Å². The Morgan fingerprint density at radius 3 is 2.28 bits per heavy atom. The number of sulfone groups is 1. The molecule has 0 saturated heterocycles. The minimum atomic E-state index is -4.72. The summed E-state index contributed by atoms with van der Waals surface area (Å²) in [7, 11) is -4.72. The van der Waals surface area contributed by atoms with Crippen LogP contribution in [0.1, 0.15) is 6.92 Å². The van der Waals surface area contributed by atoms with Crippen LogP contribution < -0.4 is 5.32 Å². The van der Waals surface area contributed by atoms with Gasteiger partial charge in [-0.1, -0.05) is 0 Å². The van der Waals surface area contributed by atoms with E-state index in [4.69, 9.17) is 5.11 Å². The van der Waals surface area contributed by atoms with E-state index in [0.717, 1.165) is 12.1 Å². The van der Waals surface area contributed by atoms with Gasteiger partial charge in [0.05, 0.1) is 11.5 Å². The summed E-state index contributed by atoms with van der Waals surface area (Å²) in [5.41, 5.74) is 0.536. The lowest BCUT2D eigenvalue weighted by Crippen LogP contribution is -2.22. The molecule has 0 spiro atoms. The van der Waals surface area contributed by atoms with Gasteiger partial charge in [0, 0.05) is 27.7 Å². The van der Waals surface area contributed by atoms with Gasteiger partial charge in [-0.3, -0.25) is 0 Å². The predicted molar refractivity (Wildman–Crippen MR) is 67.7 cm³/mol. The Morgan fingerprint density at radius 2 is 1.89 bits per heavy atom. The summed E-state index contributed by atoms with van der Waals surface area (Å²) in [6.45, 7) is 1.62. The lowest BCUT2D eigenvalue weighted by molar-refractivity contribution is 0.204. The third-order valence-electron chi connectivity index (χ3n) is 2.16. The van der Waals surface area contributed by atoms with Crippen molar-refractivity contribution in [1.29, 1.82) is 0 Å².